The van der Waals surface area contributed by atoms with E-state index in [1.165, 1.54) is 0 Å². The molecule has 1 heterocycles. The summed E-state index contributed by atoms with van der Waals surface area (Å²) in [5.41, 5.74) is 0. The van der Waals surface area contributed by atoms with Gasteiger partial charge in [0.2, 0.25) is 0 Å². The van der Waals surface area contributed by atoms with Crippen LogP contribution in [-0.2, 0) is 0 Å². The number of alkyl halides is 2. The molecule has 1 aliphatic heterocycles. The van der Waals surface area contributed by atoms with Crippen LogP contribution < -0.4 is 5.32 Å². The van der Waals surface area contributed by atoms with Crippen molar-refractivity contribution < 1.29 is 8.78 Å². The molecule has 0 aliphatic carbocycles. The van der Waals surface area contributed by atoms with Crippen LogP contribution in [0.1, 0.15) is 13.8 Å². The first-order valence-electron chi connectivity index (χ1n) is 4.36. The molecule has 1 aliphatic rings. The fourth-order valence-electron chi connectivity index (χ4n) is 1.69. The van der Waals surface area contributed by atoms with Crippen molar-refractivity contribution in [3.63, 3.8) is 0 Å². The van der Waals surface area contributed by atoms with Crippen LogP contribution in [0, 0.1) is 0 Å². The first-order valence-corrected chi connectivity index (χ1v) is 4.36. The minimum atomic E-state index is -2.21. The second-order valence-electron chi connectivity index (χ2n) is 3.44. The van der Waals surface area contributed by atoms with Gasteiger partial charge in [-0.15, -0.1) is 0 Å². The van der Waals surface area contributed by atoms with Crippen LogP contribution in [0.4, 0.5) is 8.78 Å². The molecule has 4 heteroatoms. The molecule has 2 nitrogen and oxygen atoms in total. The van der Waals surface area contributed by atoms with Crippen LogP contribution in [0.25, 0.3) is 0 Å². The summed E-state index contributed by atoms with van der Waals surface area (Å²) in [6.07, 6.45) is -2.21. The van der Waals surface area contributed by atoms with Gasteiger partial charge in [-0.2, -0.15) is 0 Å². The molecule has 0 bridgehead atoms. The number of hydrogen-bond acceptors (Lipinski definition) is 2. The van der Waals surface area contributed by atoms with Crippen LogP contribution in [0.2, 0.25) is 0 Å². The molecule has 0 saturated carbocycles. The van der Waals surface area contributed by atoms with Crippen molar-refractivity contribution in [1.82, 2.24) is 10.2 Å². The SMILES string of the molecule is C[C@@H]1CNC[C@H](C)N1CC(F)F. The topological polar surface area (TPSA) is 15.3 Å². The van der Waals surface area contributed by atoms with Crippen molar-refractivity contribution in [2.45, 2.75) is 32.4 Å². The van der Waals surface area contributed by atoms with E-state index < -0.39 is 6.43 Å². The predicted octanol–water partition coefficient (Wildman–Crippen LogP) is 0.934. The molecule has 1 fully saturated rings. The number of hydrogen-bond donors (Lipinski definition) is 1. The summed E-state index contributed by atoms with van der Waals surface area (Å²) >= 11 is 0. The van der Waals surface area contributed by atoms with Gasteiger partial charge in [-0.05, 0) is 13.8 Å². The molecular formula is C8H16F2N2. The minimum Gasteiger partial charge on any atom is -0.314 e. The van der Waals surface area contributed by atoms with Crippen LogP contribution in [0.15, 0.2) is 0 Å². The Morgan fingerprint density at radius 2 is 1.83 bits per heavy atom. The van der Waals surface area contributed by atoms with Crippen LogP contribution >= 0.6 is 0 Å². The normalized spacial score (nSPS) is 32.8. The molecule has 1 saturated heterocycles. The lowest BCUT2D eigenvalue weighted by atomic mass is 10.1. The Hall–Kier alpha value is -0.220. The Kier molecular flexibility index (Phi) is 3.40. The minimum absolute atomic E-state index is 0.0932. The van der Waals surface area contributed by atoms with Crippen molar-refractivity contribution in [3.8, 4) is 0 Å². The molecule has 0 unspecified atom stereocenters. The Morgan fingerprint density at radius 3 is 2.25 bits per heavy atom. The van der Waals surface area contributed by atoms with Gasteiger partial charge in [0.25, 0.3) is 6.43 Å². The van der Waals surface area contributed by atoms with Crippen LogP contribution in [0.3, 0.4) is 0 Å². The Labute approximate surface area is 71.9 Å². The summed E-state index contributed by atoms with van der Waals surface area (Å²) in [6.45, 7) is 5.49. The van der Waals surface area contributed by atoms with E-state index in [0.29, 0.717) is 0 Å². The van der Waals surface area contributed by atoms with Crippen molar-refractivity contribution in [2.24, 2.45) is 0 Å². The molecule has 12 heavy (non-hydrogen) atoms. The highest BCUT2D eigenvalue weighted by molar-refractivity contribution is 4.82. The van der Waals surface area contributed by atoms with Crippen LogP contribution in [0.5, 0.6) is 0 Å². The van der Waals surface area contributed by atoms with E-state index in [9.17, 15) is 8.78 Å². The summed E-state index contributed by atoms with van der Waals surface area (Å²) in [5.74, 6) is 0. The van der Waals surface area contributed by atoms with E-state index in [-0.39, 0.29) is 18.6 Å². The Balaban J connectivity index is 2.45. The van der Waals surface area contributed by atoms with Crippen molar-refractivity contribution in [1.29, 1.82) is 0 Å². The fourth-order valence-corrected chi connectivity index (χ4v) is 1.69. The first-order chi connectivity index (χ1) is 5.61. The average Bonchev–Trinajstić information content (AvgIpc) is 1.97. The third kappa shape index (κ3) is 2.38. The van der Waals surface area contributed by atoms with E-state index >= 15 is 0 Å². The molecule has 0 aromatic carbocycles. The maximum absolute atomic E-state index is 12.1. The molecule has 72 valence electrons. The largest absolute Gasteiger partial charge is 0.314 e. The van der Waals surface area contributed by atoms with Gasteiger partial charge in [-0.3, -0.25) is 4.90 Å². The first kappa shape index (κ1) is 9.86. The Bertz CT molecular complexity index is 131. The van der Waals surface area contributed by atoms with Gasteiger partial charge in [0.1, 0.15) is 0 Å². The zero-order chi connectivity index (χ0) is 9.14. The highest BCUT2D eigenvalue weighted by Gasteiger charge is 2.26. The monoisotopic (exact) mass is 178 g/mol. The molecule has 0 spiro atoms. The highest BCUT2D eigenvalue weighted by atomic mass is 19.3. The lowest BCUT2D eigenvalue weighted by Gasteiger charge is -2.39. The predicted molar refractivity (Wildman–Crippen MR) is 44.5 cm³/mol. The van der Waals surface area contributed by atoms with E-state index in [4.69, 9.17) is 0 Å². The van der Waals surface area contributed by atoms with Gasteiger partial charge in [0.15, 0.2) is 0 Å². The van der Waals surface area contributed by atoms with Crippen LogP contribution in [-0.4, -0.2) is 43.0 Å². The van der Waals surface area contributed by atoms with E-state index in [1.807, 2.05) is 18.7 Å². The van der Waals surface area contributed by atoms with Gasteiger partial charge in [0, 0.05) is 25.2 Å². The lowest BCUT2D eigenvalue weighted by molar-refractivity contribution is 0.0334. The summed E-state index contributed by atoms with van der Waals surface area (Å²) in [4.78, 5) is 1.86. The van der Waals surface area contributed by atoms with Gasteiger partial charge in [-0.1, -0.05) is 0 Å². The van der Waals surface area contributed by atoms with Gasteiger partial charge in [0.05, 0.1) is 6.54 Å². The maximum Gasteiger partial charge on any atom is 0.251 e. The molecule has 0 aromatic heterocycles. The van der Waals surface area contributed by atoms with Gasteiger partial charge >= 0.3 is 0 Å². The third-order valence-corrected chi connectivity index (χ3v) is 2.36. The van der Waals surface area contributed by atoms with Gasteiger partial charge in [-0.25, -0.2) is 8.78 Å². The van der Waals surface area contributed by atoms with Crippen molar-refractivity contribution in [2.75, 3.05) is 19.6 Å². The van der Waals surface area contributed by atoms with E-state index in [2.05, 4.69) is 5.32 Å². The number of rotatable bonds is 2. The smallest absolute Gasteiger partial charge is 0.251 e. The highest BCUT2D eigenvalue weighted by Crippen LogP contribution is 2.11. The van der Waals surface area contributed by atoms with Crippen molar-refractivity contribution in [3.05, 3.63) is 0 Å². The third-order valence-electron chi connectivity index (χ3n) is 2.36. The number of nitrogens with zero attached hydrogens (tertiary/aromatic N) is 1. The zero-order valence-corrected chi connectivity index (χ0v) is 7.56. The summed E-state index contributed by atoms with van der Waals surface area (Å²) in [6, 6.07) is 0.450. The van der Waals surface area contributed by atoms with Crippen molar-refractivity contribution >= 4 is 0 Å². The Morgan fingerprint density at radius 1 is 1.33 bits per heavy atom. The molecule has 0 aromatic rings. The molecule has 0 amide bonds. The molecule has 1 N–H and O–H groups in total. The second kappa shape index (κ2) is 4.14. The van der Waals surface area contributed by atoms with Gasteiger partial charge < -0.3 is 5.32 Å². The van der Waals surface area contributed by atoms with E-state index in [0.717, 1.165) is 13.1 Å². The zero-order valence-electron chi connectivity index (χ0n) is 7.56. The summed E-state index contributed by atoms with van der Waals surface area (Å²) in [5, 5.41) is 3.20. The molecule has 2 atom stereocenters. The number of halogens is 2. The number of nitrogens with one attached hydrogen (secondary N) is 1. The second-order valence-corrected chi connectivity index (χ2v) is 3.44. The molecule has 0 radical (unpaired) electrons. The molecule has 1 rings (SSSR count). The fraction of sp³-hybridized carbons (Fsp3) is 1.00. The average molecular weight is 178 g/mol. The number of piperazine rings is 1. The summed E-state index contributed by atoms with van der Waals surface area (Å²) in [7, 11) is 0. The molecular weight excluding hydrogens is 162 g/mol. The quantitative estimate of drug-likeness (QED) is 0.676. The lowest BCUT2D eigenvalue weighted by Crippen LogP contribution is -2.56. The maximum atomic E-state index is 12.1. The summed E-state index contributed by atoms with van der Waals surface area (Å²) < 4.78 is 24.2. The standard InChI is InChI=1S/C8H16F2N2/c1-6-3-11-4-7(2)12(6)5-8(9)10/h6-8,11H,3-5H2,1-2H3/t6-,7+. The van der Waals surface area contributed by atoms with E-state index in [1.54, 1.807) is 0 Å².